The van der Waals surface area contributed by atoms with Crippen LogP contribution < -0.4 is 4.74 Å². The Hall–Kier alpha value is -1.98. The van der Waals surface area contributed by atoms with E-state index in [-0.39, 0.29) is 23.9 Å². The Labute approximate surface area is 84.7 Å². The van der Waals surface area contributed by atoms with E-state index in [4.69, 9.17) is 13.9 Å². The average molecular weight is 212 g/mol. The van der Waals surface area contributed by atoms with Gasteiger partial charge in [0.1, 0.15) is 6.61 Å². The van der Waals surface area contributed by atoms with Crippen LogP contribution in [0.4, 0.5) is 0 Å². The summed E-state index contributed by atoms with van der Waals surface area (Å²) >= 11 is 0. The number of rotatable bonds is 2. The van der Waals surface area contributed by atoms with Crippen molar-refractivity contribution >= 4 is 11.9 Å². The summed E-state index contributed by atoms with van der Waals surface area (Å²) in [5.74, 6) is -1.28. The Morgan fingerprint density at radius 1 is 1.40 bits per heavy atom. The number of ether oxygens (including phenoxy) is 3. The average Bonchev–Trinajstić information content (AvgIpc) is 2.78. The molecular weight excluding hydrogens is 204 g/mol. The molecule has 0 saturated heterocycles. The molecule has 0 unspecified atom stereocenters. The summed E-state index contributed by atoms with van der Waals surface area (Å²) in [5, 5.41) is 0. The summed E-state index contributed by atoms with van der Waals surface area (Å²) in [5.41, 5.74) is 0.543. The minimum atomic E-state index is -0.659. The van der Waals surface area contributed by atoms with Crippen LogP contribution in [0.2, 0.25) is 0 Å². The SMILES string of the molecule is COC(=O)c1oc(OC)c2c1COC2=O. The van der Waals surface area contributed by atoms with E-state index >= 15 is 0 Å². The molecule has 2 heterocycles. The molecular formula is C9H8O6. The molecule has 0 aromatic carbocycles. The third-order valence-electron chi connectivity index (χ3n) is 2.08. The van der Waals surface area contributed by atoms with E-state index in [1.807, 2.05) is 0 Å². The van der Waals surface area contributed by atoms with Gasteiger partial charge in [0.15, 0.2) is 5.56 Å². The number of carbonyl (C=O) groups is 2. The molecule has 0 amide bonds. The van der Waals surface area contributed by atoms with Gasteiger partial charge in [0.25, 0.3) is 5.95 Å². The largest absolute Gasteiger partial charge is 0.468 e. The second-order valence-electron chi connectivity index (χ2n) is 2.84. The number of hydrogen-bond acceptors (Lipinski definition) is 6. The Morgan fingerprint density at radius 3 is 2.73 bits per heavy atom. The Bertz CT molecular complexity index is 430. The molecule has 80 valence electrons. The second kappa shape index (κ2) is 3.30. The van der Waals surface area contributed by atoms with Crippen LogP contribution in [0.15, 0.2) is 4.42 Å². The summed E-state index contributed by atoms with van der Waals surface area (Å²) in [6.45, 7) is 0.00542. The van der Waals surface area contributed by atoms with Gasteiger partial charge in [-0.05, 0) is 0 Å². The molecule has 0 saturated carbocycles. The Kier molecular flexibility index (Phi) is 2.11. The zero-order valence-corrected chi connectivity index (χ0v) is 8.16. The van der Waals surface area contributed by atoms with E-state index in [0.29, 0.717) is 5.56 Å². The van der Waals surface area contributed by atoms with E-state index in [2.05, 4.69) is 4.74 Å². The molecule has 2 rings (SSSR count). The van der Waals surface area contributed by atoms with E-state index in [9.17, 15) is 9.59 Å². The molecule has 6 nitrogen and oxygen atoms in total. The van der Waals surface area contributed by atoms with Gasteiger partial charge in [-0.15, -0.1) is 0 Å². The molecule has 1 aliphatic heterocycles. The first-order chi connectivity index (χ1) is 7.19. The lowest BCUT2D eigenvalue weighted by atomic mass is 10.2. The number of carbonyl (C=O) groups excluding carboxylic acids is 2. The third-order valence-corrected chi connectivity index (χ3v) is 2.08. The number of hydrogen-bond donors (Lipinski definition) is 0. The van der Waals surface area contributed by atoms with E-state index in [1.54, 1.807) is 0 Å². The van der Waals surface area contributed by atoms with Gasteiger partial charge in [-0.2, -0.15) is 0 Å². The van der Waals surface area contributed by atoms with Gasteiger partial charge in [-0.25, -0.2) is 9.59 Å². The molecule has 0 radical (unpaired) electrons. The molecule has 0 spiro atoms. The maximum absolute atomic E-state index is 11.3. The first kappa shape index (κ1) is 9.57. The molecule has 0 fully saturated rings. The van der Waals surface area contributed by atoms with Crippen LogP contribution in [-0.4, -0.2) is 26.2 Å². The number of cyclic esters (lactones) is 1. The monoisotopic (exact) mass is 212 g/mol. The summed E-state index contributed by atoms with van der Waals surface area (Å²) in [6, 6.07) is 0. The minimum Gasteiger partial charge on any atom is -0.468 e. The van der Waals surface area contributed by atoms with Crippen LogP contribution >= 0.6 is 0 Å². The molecule has 0 aliphatic carbocycles. The summed E-state index contributed by atoms with van der Waals surface area (Å²) < 4.78 is 19.1. The van der Waals surface area contributed by atoms with Gasteiger partial charge in [-0.3, -0.25) is 0 Å². The quantitative estimate of drug-likeness (QED) is 0.673. The van der Waals surface area contributed by atoms with E-state index in [1.165, 1.54) is 14.2 Å². The smallest absolute Gasteiger partial charge is 0.374 e. The highest BCUT2D eigenvalue weighted by atomic mass is 16.6. The highest BCUT2D eigenvalue weighted by molar-refractivity contribution is 6.00. The standard InChI is InChI=1S/C9H8O6/c1-12-8(11)6-4-3-14-7(10)5(4)9(13-2)15-6/h3H2,1-2H3. The predicted octanol–water partition coefficient (Wildman–Crippen LogP) is 0.745. The van der Waals surface area contributed by atoms with E-state index in [0.717, 1.165) is 0 Å². The van der Waals surface area contributed by atoms with Crippen molar-refractivity contribution in [1.29, 1.82) is 0 Å². The first-order valence-electron chi connectivity index (χ1n) is 4.14. The number of furan rings is 1. The van der Waals surface area contributed by atoms with Crippen LogP contribution in [0.25, 0.3) is 0 Å². The molecule has 0 N–H and O–H groups in total. The van der Waals surface area contributed by atoms with Crippen molar-refractivity contribution in [2.75, 3.05) is 14.2 Å². The van der Waals surface area contributed by atoms with Crippen molar-refractivity contribution in [1.82, 2.24) is 0 Å². The lowest BCUT2D eigenvalue weighted by Crippen LogP contribution is -2.02. The van der Waals surface area contributed by atoms with Crippen molar-refractivity contribution in [3.05, 3.63) is 16.9 Å². The topological polar surface area (TPSA) is 75.0 Å². The minimum absolute atomic E-state index is 0.00542. The number of methoxy groups -OCH3 is 2. The third kappa shape index (κ3) is 1.25. The molecule has 1 aliphatic rings. The fraction of sp³-hybridized carbons (Fsp3) is 0.333. The van der Waals surface area contributed by atoms with Crippen molar-refractivity contribution < 1.29 is 28.2 Å². The van der Waals surface area contributed by atoms with Gasteiger partial charge in [0.2, 0.25) is 5.76 Å². The highest BCUT2D eigenvalue weighted by Crippen LogP contribution is 2.35. The lowest BCUT2D eigenvalue weighted by Gasteiger charge is -1.97. The summed E-state index contributed by atoms with van der Waals surface area (Å²) in [7, 11) is 2.56. The fourth-order valence-corrected chi connectivity index (χ4v) is 1.40. The highest BCUT2D eigenvalue weighted by Gasteiger charge is 2.36. The maximum atomic E-state index is 11.3. The number of fused-ring (bicyclic) bond motifs is 1. The second-order valence-corrected chi connectivity index (χ2v) is 2.84. The summed E-state index contributed by atoms with van der Waals surface area (Å²) in [4.78, 5) is 22.5. The molecule has 0 atom stereocenters. The van der Waals surface area contributed by atoms with Crippen LogP contribution in [0, 0.1) is 0 Å². The van der Waals surface area contributed by atoms with Crippen molar-refractivity contribution in [2.24, 2.45) is 0 Å². The van der Waals surface area contributed by atoms with Crippen LogP contribution in [-0.2, 0) is 16.1 Å². The molecule has 0 bridgehead atoms. The Morgan fingerprint density at radius 2 is 2.13 bits per heavy atom. The van der Waals surface area contributed by atoms with Gasteiger partial charge < -0.3 is 18.6 Å². The molecule has 1 aromatic heterocycles. The van der Waals surface area contributed by atoms with Crippen molar-refractivity contribution in [3.8, 4) is 5.95 Å². The van der Waals surface area contributed by atoms with Crippen molar-refractivity contribution in [3.63, 3.8) is 0 Å². The fourth-order valence-electron chi connectivity index (χ4n) is 1.40. The van der Waals surface area contributed by atoms with Crippen LogP contribution in [0.5, 0.6) is 5.95 Å². The van der Waals surface area contributed by atoms with Gasteiger partial charge in [0, 0.05) is 0 Å². The molecule has 15 heavy (non-hydrogen) atoms. The van der Waals surface area contributed by atoms with Crippen molar-refractivity contribution in [2.45, 2.75) is 6.61 Å². The van der Waals surface area contributed by atoms with Gasteiger partial charge in [0.05, 0.1) is 19.8 Å². The number of esters is 2. The summed E-state index contributed by atoms with van der Waals surface area (Å²) in [6.07, 6.45) is 0. The van der Waals surface area contributed by atoms with Crippen LogP contribution in [0.1, 0.15) is 26.5 Å². The zero-order chi connectivity index (χ0) is 11.0. The normalized spacial score (nSPS) is 13.3. The van der Waals surface area contributed by atoms with E-state index < -0.39 is 11.9 Å². The van der Waals surface area contributed by atoms with Crippen LogP contribution in [0.3, 0.4) is 0 Å². The molecule has 6 heteroatoms. The lowest BCUT2D eigenvalue weighted by molar-refractivity contribution is 0.0489. The Balaban J connectivity index is 2.56. The van der Waals surface area contributed by atoms with Gasteiger partial charge >= 0.3 is 11.9 Å². The predicted molar refractivity (Wildman–Crippen MR) is 45.7 cm³/mol. The maximum Gasteiger partial charge on any atom is 0.374 e. The van der Waals surface area contributed by atoms with Gasteiger partial charge in [-0.1, -0.05) is 0 Å². The zero-order valence-electron chi connectivity index (χ0n) is 8.16. The first-order valence-corrected chi connectivity index (χ1v) is 4.14. The molecule has 1 aromatic rings.